The minimum Gasteiger partial charge on any atom is -0.505 e. The highest BCUT2D eigenvalue weighted by Gasteiger charge is 2.30. The van der Waals surface area contributed by atoms with Gasteiger partial charge in [0.25, 0.3) is 0 Å². The molecule has 5 aromatic rings. The van der Waals surface area contributed by atoms with Gasteiger partial charge in [-0.05, 0) is 97.0 Å². The highest BCUT2D eigenvalue weighted by molar-refractivity contribution is 5.75. The van der Waals surface area contributed by atoms with Gasteiger partial charge in [0.2, 0.25) is 6.33 Å². The molecule has 2 aromatic carbocycles. The van der Waals surface area contributed by atoms with Gasteiger partial charge in [0, 0.05) is 73.7 Å². The average Bonchev–Trinajstić information content (AvgIpc) is 3.67. The molecule has 2 N–H and O–H groups in total. The van der Waals surface area contributed by atoms with Gasteiger partial charge in [0.1, 0.15) is 12.4 Å². The first-order valence-electron chi connectivity index (χ1n) is 20.2. The molecule has 12 heteroatoms. The highest BCUT2D eigenvalue weighted by Crippen LogP contribution is 2.46. The fourth-order valence-corrected chi connectivity index (χ4v) is 9.06. The van der Waals surface area contributed by atoms with E-state index in [1.54, 1.807) is 0 Å². The molecule has 3 aromatic heterocycles. The lowest BCUT2D eigenvalue weighted by Gasteiger charge is -2.37. The van der Waals surface area contributed by atoms with Crippen molar-refractivity contribution in [3.05, 3.63) is 102 Å². The molecule has 0 aliphatic carbocycles. The van der Waals surface area contributed by atoms with Gasteiger partial charge < -0.3 is 20.0 Å². The van der Waals surface area contributed by atoms with Gasteiger partial charge in [-0.25, -0.2) is 18.3 Å². The monoisotopic (exact) mass is 739 g/mol. The van der Waals surface area contributed by atoms with Gasteiger partial charge in [-0.3, -0.25) is 0 Å². The van der Waals surface area contributed by atoms with Gasteiger partial charge in [0.15, 0.2) is 22.9 Å². The van der Waals surface area contributed by atoms with Crippen LogP contribution in [0.4, 0.5) is 34.4 Å². The number of rotatable bonds is 12. The summed E-state index contributed by atoms with van der Waals surface area (Å²) in [4.78, 5) is 4.85. The largest absolute Gasteiger partial charge is 0.505 e. The topological polar surface area (TPSA) is 113 Å². The number of hydrogen-bond acceptors (Lipinski definition) is 8. The van der Waals surface area contributed by atoms with Crippen LogP contribution in [0.2, 0.25) is 0 Å². The molecule has 0 saturated carbocycles. The Bertz CT molecular complexity index is 2100. The van der Waals surface area contributed by atoms with Crippen LogP contribution in [0.15, 0.2) is 100 Å². The van der Waals surface area contributed by atoms with E-state index >= 15 is 0 Å². The van der Waals surface area contributed by atoms with E-state index in [1.807, 2.05) is 60.9 Å². The van der Waals surface area contributed by atoms with E-state index in [1.165, 1.54) is 22.5 Å². The molecule has 7 heterocycles. The molecular weight excluding hydrogens is 689 g/mol. The first kappa shape index (κ1) is 35.1. The number of azo groups is 2. The Morgan fingerprint density at radius 3 is 1.67 bits per heavy atom. The second kappa shape index (κ2) is 15.6. The molecule has 0 saturated heterocycles. The van der Waals surface area contributed by atoms with Crippen molar-refractivity contribution in [1.82, 2.24) is 4.57 Å². The number of hydrogen-bond donors (Lipinski definition) is 2. The molecule has 12 nitrogen and oxygen atoms in total. The van der Waals surface area contributed by atoms with Gasteiger partial charge in [-0.15, -0.1) is 0 Å². The Balaban J connectivity index is 0.794. The van der Waals surface area contributed by atoms with E-state index in [2.05, 4.69) is 67.2 Å². The lowest BCUT2D eigenvalue weighted by molar-refractivity contribution is -0.721. The van der Waals surface area contributed by atoms with Crippen molar-refractivity contribution < 1.29 is 23.9 Å². The molecule has 0 amide bonds. The predicted octanol–water partition coefficient (Wildman–Crippen LogP) is 7.17. The molecule has 282 valence electrons. The van der Waals surface area contributed by atoms with E-state index in [9.17, 15) is 10.2 Å². The van der Waals surface area contributed by atoms with Crippen molar-refractivity contribution in [2.45, 2.75) is 90.4 Å². The molecule has 0 radical (unpaired) electrons. The first-order chi connectivity index (χ1) is 27.1. The number of phenols is 2. The van der Waals surface area contributed by atoms with Crippen LogP contribution < -0.4 is 23.5 Å². The second-order valence-electron chi connectivity index (χ2n) is 15.4. The minimum atomic E-state index is 0.286. The maximum atomic E-state index is 11.1. The third kappa shape index (κ3) is 7.29. The SMILES string of the molecule is Oc1c(/N=N/c2cccc[n+]2CCCn2cc[n+](CCC[n+]3ccccc3/N=N/c3cc4c5c(c3O)CCCN5CCC4)c2)cc2c3c1CCCN3CCC2. The Morgan fingerprint density at radius 2 is 1.11 bits per heavy atom. The van der Waals surface area contributed by atoms with Crippen LogP contribution in [0, 0.1) is 0 Å². The summed E-state index contributed by atoms with van der Waals surface area (Å²) in [6, 6.07) is 16.1. The number of phenolic OH excluding ortho intramolecular Hbond substituents is 2. The van der Waals surface area contributed by atoms with Crippen LogP contribution in [-0.2, 0) is 51.9 Å². The van der Waals surface area contributed by atoms with Crippen LogP contribution in [0.25, 0.3) is 0 Å². The lowest BCUT2D eigenvalue weighted by atomic mass is 9.90. The number of imidazole rings is 1. The number of aromatic hydroxyl groups is 2. The number of benzene rings is 2. The van der Waals surface area contributed by atoms with Crippen molar-refractivity contribution in [3.8, 4) is 11.5 Å². The zero-order chi connectivity index (χ0) is 37.1. The third-order valence-electron chi connectivity index (χ3n) is 11.7. The van der Waals surface area contributed by atoms with Crippen molar-refractivity contribution in [1.29, 1.82) is 0 Å². The summed E-state index contributed by atoms with van der Waals surface area (Å²) in [6.45, 7) is 7.64. The zero-order valence-corrected chi connectivity index (χ0v) is 31.6. The van der Waals surface area contributed by atoms with Gasteiger partial charge in [-0.2, -0.15) is 0 Å². The Hall–Kier alpha value is -5.65. The predicted molar refractivity (Wildman–Crippen MR) is 209 cm³/mol. The van der Waals surface area contributed by atoms with E-state index in [0.29, 0.717) is 11.4 Å². The maximum absolute atomic E-state index is 11.1. The smallest absolute Gasteiger partial charge is 0.350 e. The summed E-state index contributed by atoms with van der Waals surface area (Å²) in [5, 5.41) is 40.7. The van der Waals surface area contributed by atoms with E-state index < -0.39 is 0 Å². The molecule has 0 fully saturated rings. The average molecular weight is 740 g/mol. The summed E-state index contributed by atoms with van der Waals surface area (Å²) >= 11 is 0. The molecular formula is C43H51N10O2+3. The summed E-state index contributed by atoms with van der Waals surface area (Å²) in [7, 11) is 0. The van der Waals surface area contributed by atoms with Crippen molar-refractivity contribution >= 4 is 34.4 Å². The number of anilines is 2. The van der Waals surface area contributed by atoms with E-state index in [0.717, 1.165) is 139 Å². The van der Waals surface area contributed by atoms with Crippen LogP contribution in [0.1, 0.15) is 60.8 Å². The van der Waals surface area contributed by atoms with Crippen LogP contribution in [-0.4, -0.2) is 41.0 Å². The summed E-state index contributed by atoms with van der Waals surface area (Å²) in [5.41, 5.74) is 8.26. The lowest BCUT2D eigenvalue weighted by Crippen LogP contribution is -2.38. The van der Waals surface area contributed by atoms with Crippen molar-refractivity contribution in [2.75, 3.05) is 36.0 Å². The summed E-state index contributed by atoms with van der Waals surface area (Å²) in [6.07, 6.45) is 20.6. The minimum absolute atomic E-state index is 0.286. The number of nitrogens with zero attached hydrogens (tertiary/aromatic N) is 10. The third-order valence-corrected chi connectivity index (χ3v) is 11.7. The zero-order valence-electron chi connectivity index (χ0n) is 31.6. The fourth-order valence-electron chi connectivity index (χ4n) is 9.06. The van der Waals surface area contributed by atoms with Crippen LogP contribution in [0.3, 0.4) is 0 Å². The van der Waals surface area contributed by atoms with Crippen molar-refractivity contribution in [2.24, 2.45) is 20.5 Å². The van der Waals surface area contributed by atoms with Gasteiger partial charge >= 0.3 is 11.6 Å². The molecule has 9 rings (SSSR count). The van der Waals surface area contributed by atoms with Crippen LogP contribution in [0.5, 0.6) is 11.5 Å². The second-order valence-corrected chi connectivity index (χ2v) is 15.4. The molecule has 0 spiro atoms. The molecule has 0 unspecified atom stereocenters. The fraction of sp³-hybridized carbons (Fsp3) is 0.419. The summed E-state index contributed by atoms with van der Waals surface area (Å²) in [5.74, 6) is 2.12. The van der Waals surface area contributed by atoms with E-state index in [4.69, 9.17) is 0 Å². The summed E-state index contributed by atoms with van der Waals surface area (Å²) < 4.78 is 8.73. The molecule has 0 bridgehead atoms. The number of aromatic nitrogens is 4. The normalized spacial score (nSPS) is 16.2. The van der Waals surface area contributed by atoms with Gasteiger partial charge in [0.05, 0.1) is 48.8 Å². The van der Waals surface area contributed by atoms with E-state index in [-0.39, 0.29) is 11.5 Å². The van der Waals surface area contributed by atoms with Crippen LogP contribution >= 0.6 is 0 Å². The highest BCUT2D eigenvalue weighted by atomic mass is 16.3. The standard InChI is InChI=1S/C43H49N10O2/c54-42-34-13-7-23-52-21-5-11-32(40(34)52)29-36(42)44-46-38-15-1-3-19-50(38)25-9-17-48-27-28-49(31-48)18-10-26-51-20-4-2-16-39(51)47-45-37-30-33-12-6-22-53-24-8-14-35(41(33)53)43(37)55/h1-4,15-16,19-20,27-31H,5-14,17-18,21-26H2/q+1/p+2. The maximum Gasteiger partial charge on any atom is 0.350 e. The molecule has 4 aliphatic rings. The van der Waals surface area contributed by atoms with Gasteiger partial charge in [-0.1, -0.05) is 12.1 Å². The Morgan fingerprint density at radius 1 is 0.582 bits per heavy atom. The Kier molecular flexibility index (Phi) is 9.95. The quantitative estimate of drug-likeness (QED) is 0.104. The molecule has 55 heavy (non-hydrogen) atoms. The molecule has 4 aliphatic heterocycles. The first-order valence-corrected chi connectivity index (χ1v) is 20.2. The van der Waals surface area contributed by atoms with Crippen molar-refractivity contribution in [3.63, 3.8) is 0 Å². The molecule has 0 atom stereocenters. The Labute approximate surface area is 322 Å². The number of pyridine rings is 2. The number of aryl methyl sites for hydroxylation is 6.